The molecule has 6 nitrogen and oxygen atoms in total. The Morgan fingerprint density at radius 3 is 2.18 bits per heavy atom. The van der Waals surface area contributed by atoms with Crippen LogP contribution in [0.5, 0.6) is 23.0 Å². The van der Waals surface area contributed by atoms with Crippen molar-refractivity contribution in [1.29, 1.82) is 0 Å². The number of rotatable bonds is 7. The Morgan fingerprint density at radius 1 is 0.949 bits per heavy atom. The first-order chi connectivity index (χ1) is 18.8. The van der Waals surface area contributed by atoms with Crippen LogP contribution >= 0.6 is 0 Å². The number of fused-ring (bicyclic) bond motifs is 4. The van der Waals surface area contributed by atoms with Gasteiger partial charge in [-0.15, -0.1) is 0 Å². The number of hydrogen-bond donors (Lipinski definition) is 0. The fraction of sp³-hybridized carbons (Fsp3) is 0.290. The minimum absolute atomic E-state index is 0.200. The highest BCUT2D eigenvalue weighted by Gasteiger charge is 2.34. The summed E-state index contributed by atoms with van der Waals surface area (Å²) in [6.45, 7) is 5.99. The van der Waals surface area contributed by atoms with Crippen LogP contribution in [0.25, 0.3) is 6.08 Å². The van der Waals surface area contributed by atoms with Gasteiger partial charge in [0.2, 0.25) is 11.1 Å². The first kappa shape index (κ1) is 28.4. The number of ether oxygens (including phenoxy) is 3. The number of halogens is 1. The van der Waals surface area contributed by atoms with Crippen molar-refractivity contribution in [3.8, 4) is 23.0 Å². The molecule has 0 N–H and O–H groups in total. The summed E-state index contributed by atoms with van der Waals surface area (Å²) in [5.41, 5.74) is 5.91. The van der Waals surface area contributed by atoms with Crippen molar-refractivity contribution in [2.75, 3.05) is 27.9 Å². The van der Waals surface area contributed by atoms with E-state index in [1.165, 1.54) is 29.2 Å². The van der Waals surface area contributed by atoms with Gasteiger partial charge in [-0.3, -0.25) is 4.90 Å². The van der Waals surface area contributed by atoms with Gasteiger partial charge in [-0.05, 0) is 77.9 Å². The van der Waals surface area contributed by atoms with E-state index in [9.17, 15) is 8.60 Å². The molecule has 2 aliphatic heterocycles. The van der Waals surface area contributed by atoms with Crippen molar-refractivity contribution in [2.45, 2.75) is 32.4 Å². The molecule has 8 heteroatoms. The van der Waals surface area contributed by atoms with Crippen LogP contribution in [0.2, 0.25) is 0 Å². The van der Waals surface area contributed by atoms with Crippen molar-refractivity contribution in [2.24, 2.45) is 0 Å². The summed E-state index contributed by atoms with van der Waals surface area (Å²) in [6, 6.07) is 18.1. The Labute approximate surface area is 232 Å². The molecule has 2 aliphatic rings. The second kappa shape index (κ2) is 13.0. The van der Waals surface area contributed by atoms with Gasteiger partial charge in [0.25, 0.3) is 0 Å². The van der Waals surface area contributed by atoms with Crippen LogP contribution in [-0.2, 0) is 30.5 Å². The Morgan fingerprint density at radius 2 is 1.54 bits per heavy atom. The SMILES string of the molecule is C=C(C)F.COc1cc2c(cc1OC)CN1CCc3cc(OC)c(OS(=O)/C=C/c4ccccc4)cc3C1C2. The summed E-state index contributed by atoms with van der Waals surface area (Å²) in [4.78, 5) is 2.49. The van der Waals surface area contributed by atoms with Crippen molar-refractivity contribution in [3.63, 3.8) is 0 Å². The molecule has 0 aliphatic carbocycles. The fourth-order valence-corrected chi connectivity index (χ4v) is 5.59. The molecule has 0 fully saturated rings. The van der Waals surface area contributed by atoms with E-state index in [1.807, 2.05) is 42.5 Å². The van der Waals surface area contributed by atoms with E-state index in [0.717, 1.165) is 43.0 Å². The van der Waals surface area contributed by atoms with Gasteiger partial charge in [0.15, 0.2) is 23.0 Å². The lowest BCUT2D eigenvalue weighted by Gasteiger charge is -2.41. The molecule has 0 saturated carbocycles. The van der Waals surface area contributed by atoms with Crippen molar-refractivity contribution in [3.05, 3.63) is 100 Å². The third-order valence-electron chi connectivity index (χ3n) is 6.73. The Balaban J connectivity index is 0.000000826. The number of benzene rings is 3. The van der Waals surface area contributed by atoms with Crippen molar-refractivity contribution in [1.82, 2.24) is 4.90 Å². The zero-order chi connectivity index (χ0) is 27.9. The second-order valence-corrected chi connectivity index (χ2v) is 10.3. The number of methoxy groups -OCH3 is 3. The van der Waals surface area contributed by atoms with Gasteiger partial charge in [0, 0.05) is 24.5 Å². The highest BCUT2D eigenvalue weighted by molar-refractivity contribution is 7.83. The molecule has 206 valence electrons. The molecule has 3 aromatic carbocycles. The highest BCUT2D eigenvalue weighted by Crippen LogP contribution is 2.44. The van der Waals surface area contributed by atoms with Gasteiger partial charge in [-0.25, -0.2) is 8.60 Å². The van der Waals surface area contributed by atoms with E-state index in [-0.39, 0.29) is 11.9 Å². The van der Waals surface area contributed by atoms with Crippen LogP contribution in [0.15, 0.2) is 72.4 Å². The normalized spacial score (nSPS) is 16.6. The predicted molar refractivity (Wildman–Crippen MR) is 153 cm³/mol. The maximum absolute atomic E-state index is 12.7. The third kappa shape index (κ3) is 6.88. The van der Waals surface area contributed by atoms with E-state index < -0.39 is 11.1 Å². The van der Waals surface area contributed by atoms with Crippen LogP contribution in [0.1, 0.15) is 40.8 Å². The zero-order valence-electron chi connectivity index (χ0n) is 22.7. The van der Waals surface area contributed by atoms with E-state index >= 15 is 0 Å². The van der Waals surface area contributed by atoms with Gasteiger partial charge in [0.1, 0.15) is 0 Å². The molecule has 0 amide bonds. The van der Waals surface area contributed by atoms with E-state index in [0.29, 0.717) is 11.5 Å². The summed E-state index contributed by atoms with van der Waals surface area (Å²) in [7, 11) is 4.95. The fourth-order valence-electron chi connectivity index (χ4n) is 4.96. The monoisotopic (exact) mass is 551 g/mol. The number of allylic oxidation sites excluding steroid dienone is 1. The van der Waals surface area contributed by atoms with E-state index in [2.05, 4.69) is 23.6 Å². The molecule has 0 bridgehead atoms. The molecular weight excluding hydrogens is 517 g/mol. The minimum atomic E-state index is -1.64. The van der Waals surface area contributed by atoms with Crippen molar-refractivity contribution >= 4 is 17.2 Å². The lowest BCUT2D eigenvalue weighted by Crippen LogP contribution is -2.39. The van der Waals surface area contributed by atoms with E-state index in [4.69, 9.17) is 18.4 Å². The number of hydrogen-bond acceptors (Lipinski definition) is 6. The number of nitrogens with zero attached hydrogens (tertiary/aromatic N) is 1. The first-order valence-electron chi connectivity index (χ1n) is 12.6. The molecule has 3 aromatic rings. The molecule has 0 saturated heterocycles. The molecule has 5 rings (SSSR count). The van der Waals surface area contributed by atoms with Crippen LogP contribution in [-0.4, -0.2) is 37.0 Å². The smallest absolute Gasteiger partial charge is 0.233 e. The average Bonchev–Trinajstić information content (AvgIpc) is 2.94. The van der Waals surface area contributed by atoms with Gasteiger partial charge in [0.05, 0.1) is 27.2 Å². The lowest BCUT2D eigenvalue weighted by molar-refractivity contribution is 0.160. The average molecular weight is 552 g/mol. The van der Waals surface area contributed by atoms with Crippen LogP contribution < -0.4 is 18.4 Å². The summed E-state index contributed by atoms with van der Waals surface area (Å²) < 4.78 is 46.0. The summed E-state index contributed by atoms with van der Waals surface area (Å²) >= 11 is -1.64. The zero-order valence-corrected chi connectivity index (χ0v) is 23.6. The quantitative estimate of drug-likeness (QED) is 0.331. The van der Waals surface area contributed by atoms with Gasteiger partial charge >= 0.3 is 0 Å². The Hall–Kier alpha value is -3.62. The summed E-state index contributed by atoms with van der Waals surface area (Å²) in [5.74, 6) is 2.26. The third-order valence-corrected chi connectivity index (χ3v) is 7.43. The standard InChI is InChI=1S/C28H29NO5S.C3H5F/c1-31-25-15-21-13-24-23-17-28(34-35(30)12-10-19-7-5-4-6-8-19)27(33-3)14-20(23)9-11-29(24)18-22(21)16-26(25)32-2;1-3(2)4/h4-8,10,12,14-17,24H,9,11,13,18H2,1-3H3;1H2,2H3/b12-10+;. The van der Waals surface area contributed by atoms with Crippen molar-refractivity contribution < 1.29 is 27.0 Å². The topological polar surface area (TPSA) is 57.2 Å². The summed E-state index contributed by atoms with van der Waals surface area (Å²) in [6.07, 6.45) is 3.57. The maximum Gasteiger partial charge on any atom is 0.233 e. The largest absolute Gasteiger partial charge is 0.493 e. The molecule has 0 radical (unpaired) electrons. The Bertz CT molecular complexity index is 1370. The predicted octanol–water partition coefficient (Wildman–Crippen LogP) is 6.57. The minimum Gasteiger partial charge on any atom is -0.493 e. The second-order valence-electron chi connectivity index (χ2n) is 9.35. The molecule has 2 heterocycles. The van der Waals surface area contributed by atoms with Gasteiger partial charge in [-0.1, -0.05) is 36.9 Å². The molecule has 2 unspecified atom stereocenters. The van der Waals surface area contributed by atoms with Crippen LogP contribution in [0, 0.1) is 0 Å². The van der Waals surface area contributed by atoms with Gasteiger partial charge in [-0.2, -0.15) is 0 Å². The van der Waals surface area contributed by atoms with Gasteiger partial charge < -0.3 is 18.4 Å². The van der Waals surface area contributed by atoms with Crippen LogP contribution in [0.3, 0.4) is 0 Å². The first-order valence-corrected chi connectivity index (χ1v) is 13.8. The molecule has 2 atom stereocenters. The Kier molecular flexibility index (Phi) is 9.43. The lowest BCUT2D eigenvalue weighted by atomic mass is 9.83. The summed E-state index contributed by atoms with van der Waals surface area (Å²) in [5, 5.41) is 1.55. The molecular formula is C31H34FNO5S. The molecule has 0 aromatic heterocycles. The van der Waals surface area contributed by atoms with E-state index in [1.54, 1.807) is 32.8 Å². The molecule has 0 spiro atoms. The molecule has 39 heavy (non-hydrogen) atoms. The highest BCUT2D eigenvalue weighted by atomic mass is 32.2. The maximum atomic E-state index is 12.7. The van der Waals surface area contributed by atoms with Crippen LogP contribution in [0.4, 0.5) is 4.39 Å².